The molecule has 92 valence electrons. The summed E-state index contributed by atoms with van der Waals surface area (Å²) < 4.78 is 38.4. The standard InChI is InChI=1S/C11H7BF2O4/c13-12(14)18-11(8-3-5-16-7-8)6-9(15)10-2-1-4-17-10/h1-7H/b11-6+. The molecule has 0 atom stereocenters. The molecule has 0 spiro atoms. The molecule has 0 aliphatic rings. The number of ketones is 1. The van der Waals surface area contributed by atoms with E-state index in [0.29, 0.717) is 0 Å². The van der Waals surface area contributed by atoms with Crippen LogP contribution in [-0.2, 0) is 4.65 Å². The molecule has 0 radical (unpaired) electrons. The third kappa shape index (κ3) is 2.88. The monoisotopic (exact) mass is 252 g/mol. The minimum absolute atomic E-state index is 0.0360. The van der Waals surface area contributed by atoms with E-state index in [1.54, 1.807) is 0 Å². The maximum absolute atomic E-state index is 12.2. The van der Waals surface area contributed by atoms with Gasteiger partial charge in [-0.15, -0.1) is 0 Å². The molecule has 0 aliphatic carbocycles. The molecule has 0 saturated carbocycles. The number of halogens is 2. The summed E-state index contributed by atoms with van der Waals surface area (Å²) in [5.74, 6) is -0.814. The van der Waals surface area contributed by atoms with Crippen molar-refractivity contribution in [1.82, 2.24) is 0 Å². The van der Waals surface area contributed by atoms with E-state index in [1.165, 1.54) is 37.0 Å². The van der Waals surface area contributed by atoms with Gasteiger partial charge in [0.15, 0.2) is 5.76 Å². The third-order valence-electron chi connectivity index (χ3n) is 2.05. The Morgan fingerprint density at radius 2 is 2.17 bits per heavy atom. The highest BCUT2D eigenvalue weighted by Gasteiger charge is 2.22. The van der Waals surface area contributed by atoms with E-state index in [1.807, 2.05) is 0 Å². The van der Waals surface area contributed by atoms with Crippen LogP contribution >= 0.6 is 0 Å². The van der Waals surface area contributed by atoms with Crippen LogP contribution in [0.5, 0.6) is 0 Å². The average Bonchev–Trinajstić information content (AvgIpc) is 3.01. The Morgan fingerprint density at radius 3 is 2.72 bits per heavy atom. The lowest BCUT2D eigenvalue weighted by atomic mass is 10.2. The van der Waals surface area contributed by atoms with E-state index >= 15 is 0 Å². The van der Waals surface area contributed by atoms with Crippen LogP contribution in [0.2, 0.25) is 0 Å². The van der Waals surface area contributed by atoms with Crippen LogP contribution in [0.3, 0.4) is 0 Å². The van der Waals surface area contributed by atoms with Crippen LogP contribution in [-0.4, -0.2) is 13.3 Å². The van der Waals surface area contributed by atoms with E-state index in [-0.39, 0.29) is 17.1 Å². The highest BCUT2D eigenvalue weighted by molar-refractivity contribution is 6.36. The summed E-state index contributed by atoms with van der Waals surface area (Å²) in [6, 6.07) is 4.35. The van der Waals surface area contributed by atoms with Gasteiger partial charge in [-0.25, -0.2) is 8.63 Å². The van der Waals surface area contributed by atoms with Crippen molar-refractivity contribution in [3.8, 4) is 0 Å². The normalized spacial score (nSPS) is 11.3. The SMILES string of the molecule is O=C(/C=C(/OB(F)F)c1ccoc1)c1ccco1. The molecule has 4 nitrogen and oxygen atoms in total. The van der Waals surface area contributed by atoms with Crippen LogP contribution < -0.4 is 0 Å². The van der Waals surface area contributed by atoms with Crippen molar-refractivity contribution in [2.45, 2.75) is 0 Å². The fourth-order valence-electron chi connectivity index (χ4n) is 1.30. The Labute approximate surface area is 101 Å². The molecule has 0 unspecified atom stereocenters. The zero-order valence-electron chi connectivity index (χ0n) is 9.01. The molecule has 0 N–H and O–H groups in total. The number of carbonyl (C=O) groups is 1. The lowest BCUT2D eigenvalue weighted by molar-refractivity contribution is 0.102. The van der Waals surface area contributed by atoms with Gasteiger partial charge in [0.1, 0.15) is 12.0 Å². The third-order valence-corrected chi connectivity index (χ3v) is 2.05. The van der Waals surface area contributed by atoms with Gasteiger partial charge >= 0.3 is 7.47 Å². The van der Waals surface area contributed by atoms with Gasteiger partial charge in [0.2, 0.25) is 5.78 Å². The molecule has 2 aromatic heterocycles. The molecule has 7 heteroatoms. The first kappa shape index (κ1) is 12.2. The van der Waals surface area contributed by atoms with E-state index in [0.717, 1.165) is 6.08 Å². The number of allylic oxidation sites excluding steroid dienone is 1. The number of furan rings is 2. The van der Waals surface area contributed by atoms with Crippen molar-refractivity contribution in [2.24, 2.45) is 0 Å². The highest BCUT2D eigenvalue weighted by Crippen LogP contribution is 2.19. The minimum Gasteiger partial charge on any atom is -0.504 e. The van der Waals surface area contributed by atoms with E-state index in [4.69, 9.17) is 8.83 Å². The van der Waals surface area contributed by atoms with Crippen LogP contribution in [0.25, 0.3) is 5.76 Å². The van der Waals surface area contributed by atoms with Crippen molar-refractivity contribution in [3.05, 3.63) is 54.4 Å². The Morgan fingerprint density at radius 1 is 1.33 bits per heavy atom. The minimum atomic E-state index is -3.03. The van der Waals surface area contributed by atoms with Gasteiger partial charge in [-0.3, -0.25) is 4.79 Å². The van der Waals surface area contributed by atoms with E-state index in [9.17, 15) is 13.4 Å². The molecular formula is C11H7BF2O4. The summed E-state index contributed by atoms with van der Waals surface area (Å²) in [7, 11) is -3.03. The number of carbonyl (C=O) groups excluding carboxylic acids is 1. The molecule has 0 aliphatic heterocycles. The van der Waals surface area contributed by atoms with Crippen LogP contribution in [0, 0.1) is 0 Å². The van der Waals surface area contributed by atoms with Gasteiger partial charge in [-0.1, -0.05) is 0 Å². The topological polar surface area (TPSA) is 52.6 Å². The number of rotatable bonds is 5. The van der Waals surface area contributed by atoms with Crippen molar-refractivity contribution >= 4 is 19.0 Å². The van der Waals surface area contributed by atoms with Gasteiger partial charge in [0.05, 0.1) is 18.1 Å². The van der Waals surface area contributed by atoms with Crippen molar-refractivity contribution < 1.29 is 26.9 Å². The molecule has 0 fully saturated rings. The summed E-state index contributed by atoms with van der Waals surface area (Å²) in [6.45, 7) is 0. The van der Waals surface area contributed by atoms with Crippen molar-refractivity contribution in [2.75, 3.05) is 0 Å². The predicted molar refractivity (Wildman–Crippen MR) is 58.8 cm³/mol. The fraction of sp³-hybridized carbons (Fsp3) is 0. The molecule has 0 aromatic carbocycles. The number of hydrogen-bond donors (Lipinski definition) is 0. The summed E-state index contributed by atoms with van der Waals surface area (Å²) in [4.78, 5) is 11.7. The molecule has 2 aromatic rings. The van der Waals surface area contributed by atoms with E-state index in [2.05, 4.69) is 4.65 Å². The second-order valence-corrected chi connectivity index (χ2v) is 3.24. The Bertz CT molecular complexity index is 531. The first-order valence-corrected chi connectivity index (χ1v) is 4.93. The molecule has 2 heterocycles. The van der Waals surface area contributed by atoms with Gasteiger partial charge in [-0.05, 0) is 18.2 Å². The van der Waals surface area contributed by atoms with Crippen LogP contribution in [0.4, 0.5) is 8.63 Å². The summed E-state index contributed by atoms with van der Waals surface area (Å²) >= 11 is 0. The van der Waals surface area contributed by atoms with Gasteiger partial charge in [-0.2, -0.15) is 0 Å². The second kappa shape index (κ2) is 5.35. The lowest BCUT2D eigenvalue weighted by Crippen LogP contribution is -2.05. The smallest absolute Gasteiger partial charge is 0.504 e. The molecule has 0 saturated heterocycles. The van der Waals surface area contributed by atoms with Gasteiger partial charge in [0.25, 0.3) is 0 Å². The first-order chi connectivity index (χ1) is 8.66. The molecule has 0 bridgehead atoms. The second-order valence-electron chi connectivity index (χ2n) is 3.24. The van der Waals surface area contributed by atoms with Crippen LogP contribution in [0.1, 0.15) is 16.1 Å². The molecular weight excluding hydrogens is 245 g/mol. The maximum Gasteiger partial charge on any atom is 0.796 e. The maximum atomic E-state index is 12.2. The zero-order chi connectivity index (χ0) is 13.0. The van der Waals surface area contributed by atoms with Gasteiger partial charge in [0, 0.05) is 6.08 Å². The Balaban J connectivity index is 2.26. The highest BCUT2D eigenvalue weighted by atomic mass is 19.2. The molecule has 18 heavy (non-hydrogen) atoms. The largest absolute Gasteiger partial charge is 0.796 e. The zero-order valence-corrected chi connectivity index (χ0v) is 9.01. The van der Waals surface area contributed by atoms with E-state index < -0.39 is 13.3 Å². The molecule has 0 amide bonds. The number of hydrogen-bond acceptors (Lipinski definition) is 4. The van der Waals surface area contributed by atoms with Crippen LogP contribution in [0.15, 0.2) is 51.9 Å². The Hall–Kier alpha value is -2.31. The van der Waals surface area contributed by atoms with Crippen molar-refractivity contribution in [3.63, 3.8) is 0 Å². The quantitative estimate of drug-likeness (QED) is 0.355. The Kier molecular flexibility index (Phi) is 3.61. The molecule has 2 rings (SSSR count). The summed E-state index contributed by atoms with van der Waals surface area (Å²) in [6.07, 6.45) is 4.72. The lowest BCUT2D eigenvalue weighted by Gasteiger charge is -2.04. The summed E-state index contributed by atoms with van der Waals surface area (Å²) in [5.41, 5.74) is 0.246. The predicted octanol–water partition coefficient (Wildman–Crippen LogP) is 3.04. The summed E-state index contributed by atoms with van der Waals surface area (Å²) in [5, 5.41) is 0. The average molecular weight is 252 g/mol. The van der Waals surface area contributed by atoms with Gasteiger partial charge < -0.3 is 13.5 Å². The fourth-order valence-corrected chi connectivity index (χ4v) is 1.30. The van der Waals surface area contributed by atoms with Crippen molar-refractivity contribution in [1.29, 1.82) is 0 Å². The first-order valence-electron chi connectivity index (χ1n) is 4.93.